The second kappa shape index (κ2) is 9.60. The number of carbonyl (C=O) groups excluding carboxylic acids is 2. The average molecular weight is 419 g/mol. The first-order valence-corrected chi connectivity index (χ1v) is 10.4. The van der Waals surface area contributed by atoms with E-state index in [1.165, 1.54) is 4.90 Å². The van der Waals surface area contributed by atoms with E-state index in [1.807, 2.05) is 44.2 Å². The number of carbonyl (C=O) groups is 3. The van der Waals surface area contributed by atoms with Gasteiger partial charge < -0.3 is 14.7 Å². The first-order valence-electron chi connectivity index (χ1n) is 10.4. The number of ether oxygens (including phenoxy) is 1. The number of nitrogens with zero attached hydrogens (tertiary/aromatic N) is 2. The van der Waals surface area contributed by atoms with E-state index in [0.29, 0.717) is 19.4 Å². The molecule has 1 aromatic carbocycles. The molecule has 0 saturated carbocycles. The van der Waals surface area contributed by atoms with Gasteiger partial charge in [-0.05, 0) is 45.1 Å². The number of benzene rings is 1. The number of rotatable bonds is 7. The standard InChI is InChI=1S/C23H34N2O5/c1-15(2)19(22(29)30-23(3,4)5)24(6)20(26)17-12-13-18(21(27)28)25(17)14-16-10-8-7-9-11-16/h7-11,15,17-19H,12-14H2,1-6H3,(H,27,28)/t17-,18+,19+/m1/s1. The van der Waals surface area contributed by atoms with Gasteiger partial charge in [-0.25, -0.2) is 4.79 Å². The van der Waals surface area contributed by atoms with Gasteiger partial charge in [0.1, 0.15) is 17.7 Å². The van der Waals surface area contributed by atoms with Crippen molar-refractivity contribution in [3.05, 3.63) is 35.9 Å². The predicted octanol–water partition coefficient (Wildman–Crippen LogP) is 2.93. The van der Waals surface area contributed by atoms with Crippen LogP contribution in [0.2, 0.25) is 0 Å². The van der Waals surface area contributed by atoms with Gasteiger partial charge in [-0.15, -0.1) is 0 Å². The molecule has 1 fully saturated rings. The minimum absolute atomic E-state index is 0.145. The number of esters is 1. The quantitative estimate of drug-likeness (QED) is 0.685. The van der Waals surface area contributed by atoms with Crippen LogP contribution >= 0.6 is 0 Å². The van der Waals surface area contributed by atoms with E-state index in [9.17, 15) is 19.5 Å². The summed E-state index contributed by atoms with van der Waals surface area (Å²) in [6, 6.07) is 7.45. The number of carboxylic acids is 1. The molecule has 7 nitrogen and oxygen atoms in total. The second-order valence-corrected chi connectivity index (χ2v) is 9.28. The summed E-state index contributed by atoms with van der Waals surface area (Å²) in [5.41, 5.74) is 0.286. The maximum absolute atomic E-state index is 13.4. The van der Waals surface area contributed by atoms with E-state index < -0.39 is 35.7 Å². The number of hydrogen-bond donors (Lipinski definition) is 1. The molecule has 1 saturated heterocycles. The van der Waals surface area contributed by atoms with Crippen LogP contribution in [0.4, 0.5) is 0 Å². The summed E-state index contributed by atoms with van der Waals surface area (Å²) in [5.74, 6) is -1.78. The Labute approximate surface area is 179 Å². The Hall–Kier alpha value is -2.41. The molecule has 1 aliphatic rings. The largest absolute Gasteiger partial charge is 0.480 e. The van der Waals surface area contributed by atoms with Crippen LogP contribution in [0.1, 0.15) is 53.0 Å². The van der Waals surface area contributed by atoms with Crippen molar-refractivity contribution in [2.45, 2.75) is 77.7 Å². The SMILES string of the molecule is CC(C)[C@@H](C(=O)OC(C)(C)C)N(C)C(=O)[C@H]1CC[C@@H](C(=O)O)N1Cc1ccccc1. The Morgan fingerprint density at radius 2 is 1.70 bits per heavy atom. The lowest BCUT2D eigenvalue weighted by atomic mass is 10.0. The Kier molecular flexibility index (Phi) is 7.64. The molecular formula is C23H34N2O5. The van der Waals surface area contributed by atoms with Crippen LogP contribution < -0.4 is 0 Å². The Balaban J connectivity index is 2.26. The van der Waals surface area contributed by atoms with Gasteiger partial charge in [-0.2, -0.15) is 0 Å². The molecule has 2 rings (SSSR count). The zero-order valence-electron chi connectivity index (χ0n) is 18.8. The van der Waals surface area contributed by atoms with Crippen LogP contribution in [-0.2, 0) is 25.7 Å². The van der Waals surface area contributed by atoms with Gasteiger partial charge in [0, 0.05) is 13.6 Å². The summed E-state index contributed by atoms with van der Waals surface area (Å²) in [6.45, 7) is 9.48. The van der Waals surface area contributed by atoms with Crippen LogP contribution in [0, 0.1) is 5.92 Å². The summed E-state index contributed by atoms with van der Waals surface area (Å²) < 4.78 is 5.54. The van der Waals surface area contributed by atoms with E-state index in [2.05, 4.69) is 0 Å². The van der Waals surface area contributed by atoms with Crippen LogP contribution in [0.25, 0.3) is 0 Å². The summed E-state index contributed by atoms with van der Waals surface area (Å²) in [7, 11) is 1.60. The van der Waals surface area contributed by atoms with Gasteiger partial charge in [0.05, 0.1) is 6.04 Å². The lowest BCUT2D eigenvalue weighted by Gasteiger charge is -2.36. The minimum atomic E-state index is -0.934. The van der Waals surface area contributed by atoms with Crippen molar-refractivity contribution in [2.24, 2.45) is 5.92 Å². The lowest BCUT2D eigenvalue weighted by molar-refractivity contribution is -0.167. The van der Waals surface area contributed by atoms with Gasteiger partial charge in [0.2, 0.25) is 5.91 Å². The van der Waals surface area contributed by atoms with Gasteiger partial charge in [-0.3, -0.25) is 14.5 Å². The molecule has 1 amide bonds. The van der Waals surface area contributed by atoms with Gasteiger partial charge in [0.25, 0.3) is 0 Å². The number of aliphatic carboxylic acids is 1. The van der Waals surface area contributed by atoms with Gasteiger partial charge in [-0.1, -0.05) is 44.2 Å². The molecule has 1 aliphatic heterocycles. The second-order valence-electron chi connectivity index (χ2n) is 9.28. The Morgan fingerprint density at radius 3 is 2.20 bits per heavy atom. The Bertz CT molecular complexity index is 757. The topological polar surface area (TPSA) is 87.1 Å². The van der Waals surface area contributed by atoms with Crippen LogP contribution in [0.15, 0.2) is 30.3 Å². The van der Waals surface area contributed by atoms with Gasteiger partial charge in [0.15, 0.2) is 0 Å². The maximum atomic E-state index is 13.4. The van der Waals surface area contributed by atoms with Crippen LogP contribution in [-0.4, -0.2) is 63.5 Å². The predicted molar refractivity (Wildman–Crippen MR) is 114 cm³/mol. The smallest absolute Gasteiger partial charge is 0.329 e. The third-order valence-electron chi connectivity index (χ3n) is 5.34. The molecule has 30 heavy (non-hydrogen) atoms. The first-order chi connectivity index (χ1) is 13.9. The molecule has 1 heterocycles. The summed E-state index contributed by atoms with van der Waals surface area (Å²) >= 11 is 0. The molecule has 0 spiro atoms. The Morgan fingerprint density at radius 1 is 1.13 bits per heavy atom. The lowest BCUT2D eigenvalue weighted by Crippen LogP contribution is -2.54. The van der Waals surface area contributed by atoms with Crippen molar-refractivity contribution in [3.63, 3.8) is 0 Å². The van der Waals surface area contributed by atoms with Crippen LogP contribution in [0.5, 0.6) is 0 Å². The van der Waals surface area contributed by atoms with E-state index in [0.717, 1.165) is 5.56 Å². The van der Waals surface area contributed by atoms with Crippen LogP contribution in [0.3, 0.4) is 0 Å². The zero-order valence-corrected chi connectivity index (χ0v) is 18.8. The number of likely N-dealkylation sites (N-methyl/N-ethyl adjacent to an activating group) is 1. The molecule has 1 N–H and O–H groups in total. The highest BCUT2D eigenvalue weighted by molar-refractivity contribution is 5.89. The normalized spacial score (nSPS) is 20.8. The van der Waals surface area contributed by atoms with E-state index in [-0.39, 0.29) is 11.8 Å². The number of carboxylic acid groups (broad SMARTS) is 1. The molecule has 166 valence electrons. The molecular weight excluding hydrogens is 384 g/mol. The molecule has 0 unspecified atom stereocenters. The molecule has 3 atom stereocenters. The number of amides is 1. The maximum Gasteiger partial charge on any atom is 0.329 e. The number of likely N-dealkylation sites (tertiary alicyclic amines) is 1. The molecule has 1 aromatic rings. The fraction of sp³-hybridized carbons (Fsp3) is 0.609. The van der Waals surface area contributed by atoms with Crippen molar-refractivity contribution in [2.75, 3.05) is 7.05 Å². The highest BCUT2D eigenvalue weighted by Crippen LogP contribution is 2.29. The van der Waals surface area contributed by atoms with Crippen molar-refractivity contribution in [1.82, 2.24) is 9.80 Å². The summed E-state index contributed by atoms with van der Waals surface area (Å²) in [6.07, 6.45) is 0.831. The molecule has 7 heteroatoms. The molecule has 0 radical (unpaired) electrons. The third-order valence-corrected chi connectivity index (χ3v) is 5.34. The average Bonchev–Trinajstić information content (AvgIpc) is 3.03. The summed E-state index contributed by atoms with van der Waals surface area (Å²) in [4.78, 5) is 41.2. The fourth-order valence-electron chi connectivity index (χ4n) is 4.02. The van der Waals surface area contributed by atoms with Crippen molar-refractivity contribution in [3.8, 4) is 0 Å². The summed E-state index contributed by atoms with van der Waals surface area (Å²) in [5, 5.41) is 9.67. The molecule has 0 aromatic heterocycles. The van der Waals surface area contributed by atoms with E-state index in [1.54, 1.807) is 32.7 Å². The fourth-order valence-corrected chi connectivity index (χ4v) is 4.02. The monoisotopic (exact) mass is 418 g/mol. The van der Waals surface area contributed by atoms with E-state index >= 15 is 0 Å². The third kappa shape index (κ3) is 5.81. The zero-order chi connectivity index (χ0) is 22.6. The molecule has 0 aliphatic carbocycles. The van der Waals surface area contributed by atoms with E-state index in [4.69, 9.17) is 4.74 Å². The highest BCUT2D eigenvalue weighted by Gasteiger charge is 2.44. The van der Waals surface area contributed by atoms with Crippen molar-refractivity contribution < 1.29 is 24.2 Å². The first kappa shape index (κ1) is 23.9. The molecule has 0 bridgehead atoms. The van der Waals surface area contributed by atoms with Crippen molar-refractivity contribution in [1.29, 1.82) is 0 Å². The highest BCUT2D eigenvalue weighted by atomic mass is 16.6. The number of hydrogen-bond acceptors (Lipinski definition) is 5. The minimum Gasteiger partial charge on any atom is -0.480 e. The van der Waals surface area contributed by atoms with Crippen molar-refractivity contribution >= 4 is 17.8 Å². The van der Waals surface area contributed by atoms with Gasteiger partial charge >= 0.3 is 11.9 Å².